The maximum absolute atomic E-state index is 10.9. The standard InChI is InChI=1S/C14H19NO2/c1-11(12-5-3-2-4-6-12)9-15-8-7-13(10-15)14(16)17/h2-6,11,13H,7-10H2,1H3,(H,16,17)/t11-,13?/m1/s1. The molecule has 0 aliphatic carbocycles. The summed E-state index contributed by atoms with van der Waals surface area (Å²) in [7, 11) is 0. The minimum absolute atomic E-state index is 0.169. The first-order chi connectivity index (χ1) is 8.16. The van der Waals surface area contributed by atoms with Gasteiger partial charge in [0.05, 0.1) is 5.92 Å². The Labute approximate surface area is 102 Å². The molecule has 3 heteroatoms. The molecule has 0 bridgehead atoms. The Morgan fingerprint density at radius 1 is 1.47 bits per heavy atom. The van der Waals surface area contributed by atoms with E-state index in [1.54, 1.807) is 0 Å². The summed E-state index contributed by atoms with van der Waals surface area (Å²) in [5.41, 5.74) is 1.33. The molecule has 1 heterocycles. The van der Waals surface area contributed by atoms with Gasteiger partial charge in [-0.05, 0) is 24.4 Å². The highest BCUT2D eigenvalue weighted by molar-refractivity contribution is 5.70. The van der Waals surface area contributed by atoms with E-state index in [1.807, 2.05) is 6.07 Å². The van der Waals surface area contributed by atoms with Crippen LogP contribution in [0.3, 0.4) is 0 Å². The number of hydrogen-bond donors (Lipinski definition) is 1. The molecular formula is C14H19NO2. The molecule has 92 valence electrons. The van der Waals surface area contributed by atoms with Gasteiger partial charge in [-0.1, -0.05) is 37.3 Å². The minimum Gasteiger partial charge on any atom is -0.481 e. The third kappa shape index (κ3) is 3.07. The lowest BCUT2D eigenvalue weighted by Crippen LogP contribution is -2.27. The zero-order valence-corrected chi connectivity index (χ0v) is 10.2. The predicted molar refractivity (Wildman–Crippen MR) is 67.0 cm³/mol. The quantitative estimate of drug-likeness (QED) is 0.866. The molecular weight excluding hydrogens is 214 g/mol. The van der Waals surface area contributed by atoms with Crippen molar-refractivity contribution in [2.45, 2.75) is 19.3 Å². The zero-order chi connectivity index (χ0) is 12.3. The van der Waals surface area contributed by atoms with E-state index >= 15 is 0 Å². The molecule has 1 aliphatic rings. The van der Waals surface area contributed by atoms with Crippen LogP contribution in [0.1, 0.15) is 24.8 Å². The highest BCUT2D eigenvalue weighted by Crippen LogP contribution is 2.21. The van der Waals surface area contributed by atoms with Crippen LogP contribution in [-0.2, 0) is 4.79 Å². The van der Waals surface area contributed by atoms with Crippen LogP contribution in [0.5, 0.6) is 0 Å². The highest BCUT2D eigenvalue weighted by atomic mass is 16.4. The molecule has 1 unspecified atom stereocenters. The van der Waals surface area contributed by atoms with Crippen molar-refractivity contribution in [2.75, 3.05) is 19.6 Å². The molecule has 0 radical (unpaired) electrons. The molecule has 0 spiro atoms. The Balaban J connectivity index is 1.88. The van der Waals surface area contributed by atoms with Crippen LogP contribution in [0, 0.1) is 5.92 Å². The van der Waals surface area contributed by atoms with Gasteiger partial charge in [-0.15, -0.1) is 0 Å². The largest absolute Gasteiger partial charge is 0.481 e. The second-order valence-electron chi connectivity index (χ2n) is 4.90. The monoisotopic (exact) mass is 233 g/mol. The van der Waals surface area contributed by atoms with Crippen LogP contribution in [0.25, 0.3) is 0 Å². The van der Waals surface area contributed by atoms with Gasteiger partial charge < -0.3 is 10.0 Å². The SMILES string of the molecule is C[C@H](CN1CCC(C(=O)O)C1)c1ccccc1. The van der Waals surface area contributed by atoms with Gasteiger partial charge in [-0.3, -0.25) is 4.79 Å². The first-order valence-electron chi connectivity index (χ1n) is 6.17. The summed E-state index contributed by atoms with van der Waals surface area (Å²) in [4.78, 5) is 13.1. The highest BCUT2D eigenvalue weighted by Gasteiger charge is 2.28. The number of nitrogens with zero attached hydrogens (tertiary/aromatic N) is 1. The van der Waals surface area contributed by atoms with Gasteiger partial charge in [-0.2, -0.15) is 0 Å². The van der Waals surface area contributed by atoms with Crippen LogP contribution in [0.2, 0.25) is 0 Å². The number of hydrogen-bond acceptors (Lipinski definition) is 2. The van der Waals surface area contributed by atoms with Crippen molar-refractivity contribution in [3.8, 4) is 0 Å². The lowest BCUT2D eigenvalue weighted by molar-refractivity contribution is -0.141. The van der Waals surface area contributed by atoms with Gasteiger partial charge in [0.2, 0.25) is 0 Å². The van der Waals surface area contributed by atoms with Crippen LogP contribution in [-0.4, -0.2) is 35.6 Å². The Hall–Kier alpha value is -1.35. The van der Waals surface area contributed by atoms with E-state index in [4.69, 9.17) is 5.11 Å². The summed E-state index contributed by atoms with van der Waals surface area (Å²) < 4.78 is 0. The molecule has 1 aromatic rings. The van der Waals surface area contributed by atoms with E-state index in [1.165, 1.54) is 5.56 Å². The van der Waals surface area contributed by atoms with E-state index in [2.05, 4.69) is 36.1 Å². The summed E-state index contributed by atoms with van der Waals surface area (Å²) >= 11 is 0. The number of likely N-dealkylation sites (tertiary alicyclic amines) is 1. The smallest absolute Gasteiger partial charge is 0.307 e. The van der Waals surface area contributed by atoms with Gasteiger partial charge >= 0.3 is 5.97 Å². The summed E-state index contributed by atoms with van der Waals surface area (Å²) in [6, 6.07) is 10.4. The van der Waals surface area contributed by atoms with Crippen LogP contribution in [0.4, 0.5) is 0 Å². The summed E-state index contributed by atoms with van der Waals surface area (Å²) in [5.74, 6) is -0.360. The first kappa shape index (κ1) is 12.1. The summed E-state index contributed by atoms with van der Waals surface area (Å²) in [5, 5.41) is 8.96. The number of aliphatic carboxylic acids is 1. The van der Waals surface area contributed by atoms with Crippen LogP contribution in [0.15, 0.2) is 30.3 Å². The van der Waals surface area contributed by atoms with E-state index < -0.39 is 5.97 Å². The fraction of sp³-hybridized carbons (Fsp3) is 0.500. The number of benzene rings is 1. The third-order valence-electron chi connectivity index (χ3n) is 3.52. The molecule has 1 aliphatic heterocycles. The summed E-state index contributed by atoms with van der Waals surface area (Å²) in [6.45, 7) is 4.76. The molecule has 1 saturated heterocycles. The predicted octanol–water partition coefficient (Wildman–Crippen LogP) is 2.20. The minimum atomic E-state index is -0.653. The Morgan fingerprint density at radius 3 is 2.76 bits per heavy atom. The number of rotatable bonds is 4. The molecule has 1 N–H and O–H groups in total. The molecule has 0 amide bonds. The van der Waals surface area contributed by atoms with E-state index in [0.717, 1.165) is 19.5 Å². The van der Waals surface area contributed by atoms with Crippen molar-refractivity contribution >= 4 is 5.97 Å². The van der Waals surface area contributed by atoms with Crippen molar-refractivity contribution in [2.24, 2.45) is 5.92 Å². The van der Waals surface area contributed by atoms with Gasteiger partial charge in [0, 0.05) is 13.1 Å². The lowest BCUT2D eigenvalue weighted by Gasteiger charge is -2.20. The van der Waals surface area contributed by atoms with Crippen molar-refractivity contribution in [3.63, 3.8) is 0 Å². The Bertz CT molecular complexity index is 377. The third-order valence-corrected chi connectivity index (χ3v) is 3.52. The Morgan fingerprint density at radius 2 is 2.18 bits per heavy atom. The molecule has 1 aromatic carbocycles. The fourth-order valence-corrected chi connectivity index (χ4v) is 2.47. The molecule has 2 rings (SSSR count). The number of carbonyl (C=O) groups is 1. The number of carboxylic acid groups (broad SMARTS) is 1. The number of carboxylic acids is 1. The van der Waals surface area contributed by atoms with E-state index in [0.29, 0.717) is 12.5 Å². The van der Waals surface area contributed by atoms with Gasteiger partial charge in [-0.25, -0.2) is 0 Å². The van der Waals surface area contributed by atoms with E-state index in [9.17, 15) is 4.79 Å². The molecule has 1 fully saturated rings. The van der Waals surface area contributed by atoms with Crippen molar-refractivity contribution in [1.82, 2.24) is 4.90 Å². The molecule has 3 nitrogen and oxygen atoms in total. The summed E-state index contributed by atoms with van der Waals surface area (Å²) in [6.07, 6.45) is 0.789. The van der Waals surface area contributed by atoms with Gasteiger partial charge in [0.15, 0.2) is 0 Å². The van der Waals surface area contributed by atoms with E-state index in [-0.39, 0.29) is 5.92 Å². The maximum atomic E-state index is 10.9. The van der Waals surface area contributed by atoms with Crippen molar-refractivity contribution in [1.29, 1.82) is 0 Å². The lowest BCUT2D eigenvalue weighted by atomic mass is 10.0. The first-order valence-corrected chi connectivity index (χ1v) is 6.17. The van der Waals surface area contributed by atoms with Crippen molar-refractivity contribution in [3.05, 3.63) is 35.9 Å². The second kappa shape index (κ2) is 5.32. The molecule has 2 atom stereocenters. The zero-order valence-electron chi connectivity index (χ0n) is 10.2. The molecule has 0 saturated carbocycles. The average Bonchev–Trinajstić information content (AvgIpc) is 2.79. The molecule has 0 aromatic heterocycles. The van der Waals surface area contributed by atoms with Gasteiger partial charge in [0.25, 0.3) is 0 Å². The second-order valence-corrected chi connectivity index (χ2v) is 4.90. The topological polar surface area (TPSA) is 40.5 Å². The fourth-order valence-electron chi connectivity index (χ4n) is 2.47. The van der Waals surface area contributed by atoms with Crippen LogP contribution < -0.4 is 0 Å². The average molecular weight is 233 g/mol. The van der Waals surface area contributed by atoms with Crippen molar-refractivity contribution < 1.29 is 9.90 Å². The molecule has 17 heavy (non-hydrogen) atoms. The van der Waals surface area contributed by atoms with Crippen LogP contribution >= 0.6 is 0 Å². The van der Waals surface area contributed by atoms with Gasteiger partial charge in [0.1, 0.15) is 0 Å². The Kier molecular flexibility index (Phi) is 3.79. The normalized spacial score (nSPS) is 22.5. The maximum Gasteiger partial charge on any atom is 0.307 e.